The minimum Gasteiger partial charge on any atom is -0.355 e. The molecule has 0 aromatic heterocycles. The summed E-state index contributed by atoms with van der Waals surface area (Å²) in [6, 6.07) is 10.8. The van der Waals surface area contributed by atoms with Gasteiger partial charge in [0.05, 0.1) is 12.3 Å². The van der Waals surface area contributed by atoms with E-state index in [9.17, 15) is 8.42 Å². The van der Waals surface area contributed by atoms with Crippen LogP contribution in [-0.2, 0) is 10.0 Å². The van der Waals surface area contributed by atoms with Crippen LogP contribution in [0.1, 0.15) is 24.4 Å². The summed E-state index contributed by atoms with van der Waals surface area (Å²) in [7, 11) is -1.44. The Balaban J connectivity index is 1.87. The number of benzene rings is 1. The van der Waals surface area contributed by atoms with Crippen LogP contribution in [0.2, 0.25) is 0 Å². The molecule has 0 spiro atoms. The molecule has 7 nitrogen and oxygen atoms in total. The van der Waals surface area contributed by atoms with Gasteiger partial charge in [-0.05, 0) is 31.5 Å². The zero-order valence-electron chi connectivity index (χ0n) is 15.0. The first-order valence-electron chi connectivity index (χ1n) is 8.68. The van der Waals surface area contributed by atoms with Crippen LogP contribution in [-0.4, -0.2) is 65.3 Å². The first kappa shape index (κ1) is 19.7. The third-order valence-corrected chi connectivity index (χ3v) is 4.96. The van der Waals surface area contributed by atoms with Crippen LogP contribution >= 0.6 is 0 Å². The highest BCUT2D eigenvalue weighted by Crippen LogP contribution is 2.24. The van der Waals surface area contributed by atoms with Crippen molar-refractivity contribution in [1.82, 2.24) is 20.3 Å². The number of aliphatic imine (C=N–C) groups is 1. The van der Waals surface area contributed by atoms with Crippen LogP contribution in [0.25, 0.3) is 0 Å². The Kier molecular flexibility index (Phi) is 7.67. The molecule has 0 radical (unpaired) electrons. The Hall–Kier alpha value is -1.64. The fraction of sp³-hybridized carbons (Fsp3) is 0.588. The summed E-state index contributed by atoms with van der Waals surface area (Å²) in [5.74, 6) is 0.676. The zero-order valence-corrected chi connectivity index (χ0v) is 15.8. The standard InChI is InChI=1S/C17H29N5O2S/c1-18-17(19-10-11-21-25(2,23)24)20-14-16(22-12-6-7-13-22)15-8-4-3-5-9-15/h3-5,8-9,16,21H,6-7,10-14H2,1-2H3,(H2,18,19,20). The fourth-order valence-electron chi connectivity index (χ4n) is 3.02. The predicted octanol–water partition coefficient (Wildman–Crippen LogP) is 0.538. The SMILES string of the molecule is CN=C(NCCNS(C)(=O)=O)NCC(c1ccccc1)N1CCCC1. The quantitative estimate of drug-likeness (QED) is 0.355. The van der Waals surface area contributed by atoms with Gasteiger partial charge in [0.2, 0.25) is 10.0 Å². The minimum absolute atomic E-state index is 0.302. The third-order valence-electron chi connectivity index (χ3n) is 4.23. The van der Waals surface area contributed by atoms with E-state index >= 15 is 0 Å². The molecule has 3 N–H and O–H groups in total. The van der Waals surface area contributed by atoms with E-state index in [1.165, 1.54) is 18.4 Å². The first-order valence-corrected chi connectivity index (χ1v) is 10.6. The first-order chi connectivity index (χ1) is 12.0. The molecule has 1 saturated heterocycles. The highest BCUT2D eigenvalue weighted by Gasteiger charge is 2.23. The van der Waals surface area contributed by atoms with E-state index in [0.29, 0.717) is 25.1 Å². The molecule has 0 saturated carbocycles. The summed E-state index contributed by atoms with van der Waals surface area (Å²) in [4.78, 5) is 6.71. The van der Waals surface area contributed by atoms with E-state index in [1.54, 1.807) is 7.05 Å². The molecular weight excluding hydrogens is 338 g/mol. The van der Waals surface area contributed by atoms with E-state index in [4.69, 9.17) is 0 Å². The number of nitrogens with zero attached hydrogens (tertiary/aromatic N) is 2. The van der Waals surface area contributed by atoms with Crippen LogP contribution in [0.3, 0.4) is 0 Å². The average Bonchev–Trinajstić information content (AvgIpc) is 3.11. The lowest BCUT2D eigenvalue weighted by atomic mass is 10.1. The largest absolute Gasteiger partial charge is 0.355 e. The summed E-state index contributed by atoms with van der Waals surface area (Å²) in [5, 5.41) is 6.50. The summed E-state index contributed by atoms with van der Waals surface area (Å²) in [6.07, 6.45) is 3.64. The molecule has 0 bridgehead atoms. The van der Waals surface area contributed by atoms with E-state index < -0.39 is 10.0 Å². The van der Waals surface area contributed by atoms with Gasteiger partial charge in [-0.3, -0.25) is 9.89 Å². The van der Waals surface area contributed by atoms with Crippen molar-refractivity contribution in [2.24, 2.45) is 4.99 Å². The van der Waals surface area contributed by atoms with Crippen molar-refractivity contribution in [2.75, 3.05) is 46.0 Å². The lowest BCUT2D eigenvalue weighted by Gasteiger charge is -2.29. The van der Waals surface area contributed by atoms with Gasteiger partial charge < -0.3 is 10.6 Å². The molecule has 1 fully saturated rings. The Morgan fingerprint density at radius 3 is 2.44 bits per heavy atom. The van der Waals surface area contributed by atoms with Crippen molar-refractivity contribution in [3.8, 4) is 0 Å². The maximum Gasteiger partial charge on any atom is 0.208 e. The normalized spacial score (nSPS) is 17.4. The van der Waals surface area contributed by atoms with E-state index in [-0.39, 0.29) is 0 Å². The topological polar surface area (TPSA) is 85.8 Å². The Bertz CT molecular complexity index is 642. The molecule has 1 aliphatic rings. The molecule has 140 valence electrons. The lowest BCUT2D eigenvalue weighted by Crippen LogP contribution is -2.44. The van der Waals surface area contributed by atoms with Crippen LogP contribution in [0, 0.1) is 0 Å². The van der Waals surface area contributed by atoms with Crippen molar-refractivity contribution in [3.63, 3.8) is 0 Å². The van der Waals surface area contributed by atoms with Gasteiger partial charge in [0.15, 0.2) is 5.96 Å². The van der Waals surface area contributed by atoms with Crippen LogP contribution in [0.5, 0.6) is 0 Å². The maximum absolute atomic E-state index is 11.1. The molecule has 1 aromatic rings. The summed E-state index contributed by atoms with van der Waals surface area (Å²) in [6.45, 7) is 3.79. The number of guanidine groups is 1. The molecule has 2 rings (SSSR count). The number of rotatable bonds is 8. The third kappa shape index (κ3) is 7.01. The van der Waals surface area contributed by atoms with Crippen molar-refractivity contribution in [1.29, 1.82) is 0 Å². The molecule has 0 aliphatic carbocycles. The number of hydrogen-bond donors (Lipinski definition) is 3. The molecule has 1 aromatic carbocycles. The van der Waals surface area contributed by atoms with Crippen LogP contribution in [0.15, 0.2) is 35.3 Å². The lowest BCUT2D eigenvalue weighted by molar-refractivity contribution is 0.245. The number of likely N-dealkylation sites (tertiary alicyclic amines) is 1. The van der Waals surface area contributed by atoms with Gasteiger partial charge in [0, 0.05) is 26.7 Å². The average molecular weight is 368 g/mol. The number of nitrogens with one attached hydrogen (secondary N) is 3. The van der Waals surface area contributed by atoms with Gasteiger partial charge in [0.1, 0.15) is 0 Å². The molecular formula is C17H29N5O2S. The van der Waals surface area contributed by atoms with Gasteiger partial charge in [-0.25, -0.2) is 13.1 Å². The van der Waals surface area contributed by atoms with E-state index in [1.807, 2.05) is 6.07 Å². The molecule has 0 amide bonds. The monoisotopic (exact) mass is 367 g/mol. The smallest absolute Gasteiger partial charge is 0.208 e. The summed E-state index contributed by atoms with van der Waals surface area (Å²) >= 11 is 0. The fourth-order valence-corrected chi connectivity index (χ4v) is 3.49. The van der Waals surface area contributed by atoms with Crippen molar-refractivity contribution in [3.05, 3.63) is 35.9 Å². The second-order valence-electron chi connectivity index (χ2n) is 6.22. The molecule has 1 aliphatic heterocycles. The van der Waals surface area contributed by atoms with Gasteiger partial charge in [0.25, 0.3) is 0 Å². The highest BCUT2D eigenvalue weighted by atomic mass is 32.2. The predicted molar refractivity (Wildman–Crippen MR) is 102 cm³/mol. The molecule has 1 atom stereocenters. The van der Waals surface area contributed by atoms with Gasteiger partial charge >= 0.3 is 0 Å². The van der Waals surface area contributed by atoms with E-state index in [0.717, 1.165) is 25.9 Å². The Morgan fingerprint density at radius 1 is 1.16 bits per heavy atom. The van der Waals surface area contributed by atoms with Crippen molar-refractivity contribution >= 4 is 16.0 Å². The molecule has 1 heterocycles. The maximum atomic E-state index is 11.1. The van der Waals surface area contributed by atoms with Gasteiger partial charge in [-0.15, -0.1) is 0 Å². The van der Waals surface area contributed by atoms with Crippen molar-refractivity contribution < 1.29 is 8.42 Å². The van der Waals surface area contributed by atoms with E-state index in [2.05, 4.69) is 49.5 Å². The second-order valence-corrected chi connectivity index (χ2v) is 8.05. The van der Waals surface area contributed by atoms with Crippen LogP contribution in [0.4, 0.5) is 0 Å². The number of sulfonamides is 1. The molecule has 1 unspecified atom stereocenters. The van der Waals surface area contributed by atoms with Crippen LogP contribution < -0.4 is 15.4 Å². The second kappa shape index (κ2) is 9.74. The summed E-state index contributed by atoms with van der Waals surface area (Å²) < 4.78 is 24.6. The molecule has 25 heavy (non-hydrogen) atoms. The molecule has 8 heteroatoms. The highest BCUT2D eigenvalue weighted by molar-refractivity contribution is 7.88. The van der Waals surface area contributed by atoms with Crippen molar-refractivity contribution in [2.45, 2.75) is 18.9 Å². The number of hydrogen-bond acceptors (Lipinski definition) is 4. The minimum atomic E-state index is -3.16. The Labute approximate surface area is 151 Å². The van der Waals surface area contributed by atoms with Gasteiger partial charge in [-0.1, -0.05) is 30.3 Å². The summed E-state index contributed by atoms with van der Waals surface area (Å²) in [5.41, 5.74) is 1.30. The van der Waals surface area contributed by atoms with Gasteiger partial charge in [-0.2, -0.15) is 0 Å². The zero-order chi connectivity index (χ0) is 18.1. The Morgan fingerprint density at radius 2 is 1.84 bits per heavy atom.